The number of fused-ring (bicyclic) bond motifs is 1. The number of halogens is 2. The van der Waals surface area contributed by atoms with E-state index in [4.69, 9.17) is 32.7 Å². The summed E-state index contributed by atoms with van der Waals surface area (Å²) in [4.78, 5) is 23.7. The van der Waals surface area contributed by atoms with Gasteiger partial charge in [0.25, 0.3) is 0 Å². The van der Waals surface area contributed by atoms with Gasteiger partial charge in [-0.2, -0.15) is 0 Å². The van der Waals surface area contributed by atoms with Crippen molar-refractivity contribution in [1.82, 2.24) is 0 Å². The maximum Gasteiger partial charge on any atom is 0.339 e. The lowest BCUT2D eigenvalue weighted by Crippen LogP contribution is -2.54. The Hall–Kier alpha value is -1.00. The van der Waals surface area contributed by atoms with Crippen molar-refractivity contribution < 1.29 is 19.1 Å². The Bertz CT molecular complexity index is 504. The monoisotopic (exact) mass is 290 g/mol. The van der Waals surface area contributed by atoms with Crippen LogP contribution in [0.25, 0.3) is 0 Å². The fourth-order valence-electron chi connectivity index (χ4n) is 2.28. The summed E-state index contributed by atoms with van der Waals surface area (Å²) < 4.78 is 8.66. The zero-order chi connectivity index (χ0) is 13.7. The number of rotatable bonds is 2. The van der Waals surface area contributed by atoms with Crippen LogP contribution in [0.5, 0.6) is 0 Å². The highest BCUT2D eigenvalue weighted by Crippen LogP contribution is 2.62. The number of hydrogen-bond acceptors (Lipinski definition) is 4. The van der Waals surface area contributed by atoms with Crippen LogP contribution in [-0.4, -0.2) is 22.9 Å². The second-order valence-corrected chi connectivity index (χ2v) is 5.73. The SMILES string of the molecule is CCOC(=O)C1=C(C)OC(=O)C2=CC(Cl)(Cl)[C@]21C. The van der Waals surface area contributed by atoms with Crippen molar-refractivity contribution in [2.45, 2.75) is 25.1 Å². The van der Waals surface area contributed by atoms with Crippen LogP contribution in [0.3, 0.4) is 0 Å². The van der Waals surface area contributed by atoms with E-state index in [-0.39, 0.29) is 17.9 Å². The third kappa shape index (κ3) is 1.52. The van der Waals surface area contributed by atoms with Crippen LogP contribution in [-0.2, 0) is 19.1 Å². The number of ether oxygens (including phenoxy) is 2. The van der Waals surface area contributed by atoms with Crippen LogP contribution in [0.2, 0.25) is 0 Å². The van der Waals surface area contributed by atoms with Crippen molar-refractivity contribution in [2.24, 2.45) is 5.41 Å². The molecule has 0 bridgehead atoms. The van der Waals surface area contributed by atoms with Gasteiger partial charge in [0, 0.05) is 0 Å². The zero-order valence-electron chi connectivity index (χ0n) is 10.2. The quantitative estimate of drug-likeness (QED) is 0.579. The topological polar surface area (TPSA) is 52.6 Å². The zero-order valence-corrected chi connectivity index (χ0v) is 11.7. The minimum atomic E-state index is -1.31. The van der Waals surface area contributed by atoms with Crippen molar-refractivity contribution in [3.05, 3.63) is 23.0 Å². The average molecular weight is 291 g/mol. The molecule has 0 fully saturated rings. The molecule has 98 valence electrons. The second-order valence-electron chi connectivity index (χ2n) is 4.35. The third-order valence-electron chi connectivity index (χ3n) is 3.33. The number of carbonyl (C=O) groups is 2. The van der Waals surface area contributed by atoms with E-state index in [9.17, 15) is 9.59 Å². The van der Waals surface area contributed by atoms with Crippen LogP contribution in [0.1, 0.15) is 20.8 Å². The van der Waals surface area contributed by atoms with Crippen LogP contribution >= 0.6 is 23.2 Å². The largest absolute Gasteiger partial charge is 0.463 e. The van der Waals surface area contributed by atoms with Gasteiger partial charge in [0.1, 0.15) is 5.76 Å². The lowest BCUT2D eigenvalue weighted by Gasteiger charge is -2.50. The molecule has 1 aliphatic heterocycles. The van der Waals surface area contributed by atoms with Gasteiger partial charge in [-0.3, -0.25) is 0 Å². The van der Waals surface area contributed by atoms with Gasteiger partial charge in [-0.1, -0.05) is 23.2 Å². The Labute approximate surface area is 115 Å². The molecule has 0 radical (unpaired) electrons. The molecule has 0 aromatic heterocycles. The van der Waals surface area contributed by atoms with Crippen LogP contribution in [0.15, 0.2) is 23.0 Å². The number of esters is 2. The van der Waals surface area contributed by atoms with Crippen LogP contribution in [0, 0.1) is 5.41 Å². The Morgan fingerprint density at radius 2 is 2.11 bits per heavy atom. The molecule has 0 aromatic carbocycles. The van der Waals surface area contributed by atoms with E-state index in [0.29, 0.717) is 5.57 Å². The lowest BCUT2D eigenvalue weighted by atomic mass is 9.63. The third-order valence-corrected chi connectivity index (χ3v) is 4.30. The normalized spacial score (nSPS) is 28.9. The molecule has 0 unspecified atom stereocenters. The summed E-state index contributed by atoms with van der Waals surface area (Å²) in [5, 5.41) is 0. The Morgan fingerprint density at radius 3 is 2.61 bits per heavy atom. The van der Waals surface area contributed by atoms with Crippen molar-refractivity contribution in [2.75, 3.05) is 6.61 Å². The second kappa shape index (κ2) is 4.00. The van der Waals surface area contributed by atoms with E-state index >= 15 is 0 Å². The first kappa shape index (κ1) is 13.4. The number of hydrogen-bond donors (Lipinski definition) is 0. The fraction of sp³-hybridized carbons (Fsp3) is 0.500. The van der Waals surface area contributed by atoms with Crippen molar-refractivity contribution >= 4 is 35.1 Å². The number of cyclic esters (lactones) is 1. The number of alkyl halides is 2. The Morgan fingerprint density at radius 1 is 1.50 bits per heavy atom. The van der Waals surface area contributed by atoms with E-state index in [1.54, 1.807) is 13.8 Å². The molecule has 6 heteroatoms. The summed E-state index contributed by atoms with van der Waals surface area (Å²) in [7, 11) is 0. The first-order valence-electron chi connectivity index (χ1n) is 5.47. The fourth-order valence-corrected chi connectivity index (χ4v) is 2.90. The summed E-state index contributed by atoms with van der Waals surface area (Å²) >= 11 is 12.3. The van der Waals surface area contributed by atoms with Gasteiger partial charge >= 0.3 is 11.9 Å². The van der Waals surface area contributed by atoms with E-state index in [1.807, 2.05) is 0 Å². The molecule has 0 aromatic rings. The number of carbonyl (C=O) groups excluding carboxylic acids is 2. The lowest BCUT2D eigenvalue weighted by molar-refractivity contribution is -0.143. The van der Waals surface area contributed by atoms with Gasteiger partial charge in [0.15, 0.2) is 4.33 Å². The summed E-state index contributed by atoms with van der Waals surface area (Å²) in [6.07, 6.45) is 1.39. The molecule has 0 amide bonds. The highest BCUT2D eigenvalue weighted by Gasteiger charge is 2.64. The maximum atomic E-state index is 12.0. The Balaban J connectivity index is 2.56. The van der Waals surface area contributed by atoms with Gasteiger partial charge in [0.2, 0.25) is 0 Å². The summed E-state index contributed by atoms with van der Waals surface area (Å²) in [5.41, 5.74) is -0.588. The van der Waals surface area contributed by atoms with E-state index in [2.05, 4.69) is 0 Å². The predicted molar refractivity (Wildman–Crippen MR) is 66.1 cm³/mol. The molecule has 0 saturated heterocycles. The summed E-state index contributed by atoms with van der Waals surface area (Å²) in [5.74, 6) is -0.912. The van der Waals surface area contributed by atoms with Crippen LogP contribution in [0.4, 0.5) is 0 Å². The van der Waals surface area contributed by atoms with Gasteiger partial charge in [-0.15, -0.1) is 0 Å². The minimum absolute atomic E-state index is 0.184. The highest BCUT2D eigenvalue weighted by molar-refractivity contribution is 6.53. The summed E-state index contributed by atoms with van der Waals surface area (Å²) in [6.45, 7) is 5.07. The van der Waals surface area contributed by atoms with Gasteiger partial charge in [-0.05, 0) is 26.8 Å². The molecule has 1 atom stereocenters. The average Bonchev–Trinajstić information content (AvgIpc) is 2.24. The van der Waals surface area contributed by atoms with Crippen molar-refractivity contribution in [3.8, 4) is 0 Å². The highest BCUT2D eigenvalue weighted by atomic mass is 35.5. The standard InChI is InChI=1S/C12H12Cl2O4/c1-4-17-10(16)8-6(2)18-9(15)7-5-12(13,14)11(7,8)3/h5H,4H2,1-3H3/t11-/m1/s1. The molecule has 2 aliphatic rings. The smallest absolute Gasteiger partial charge is 0.339 e. The van der Waals surface area contributed by atoms with E-state index < -0.39 is 21.7 Å². The molecule has 1 aliphatic carbocycles. The van der Waals surface area contributed by atoms with Crippen molar-refractivity contribution in [1.29, 1.82) is 0 Å². The Kier molecular flexibility index (Phi) is 2.98. The molecule has 4 nitrogen and oxygen atoms in total. The molecule has 0 spiro atoms. The first-order valence-corrected chi connectivity index (χ1v) is 6.23. The first-order chi connectivity index (χ1) is 8.25. The maximum absolute atomic E-state index is 12.0. The van der Waals surface area contributed by atoms with E-state index in [0.717, 1.165) is 0 Å². The molecule has 18 heavy (non-hydrogen) atoms. The molecule has 2 rings (SSSR count). The van der Waals surface area contributed by atoms with Gasteiger partial charge in [0.05, 0.1) is 23.2 Å². The molecular formula is C12H12Cl2O4. The van der Waals surface area contributed by atoms with Gasteiger partial charge < -0.3 is 9.47 Å². The molecule has 0 saturated carbocycles. The minimum Gasteiger partial charge on any atom is -0.463 e. The van der Waals surface area contributed by atoms with Gasteiger partial charge in [-0.25, -0.2) is 9.59 Å². The number of allylic oxidation sites excluding steroid dienone is 2. The molecule has 0 N–H and O–H groups in total. The summed E-state index contributed by atoms with van der Waals surface area (Å²) in [6, 6.07) is 0. The molecule has 1 heterocycles. The van der Waals surface area contributed by atoms with Crippen LogP contribution < -0.4 is 0 Å². The van der Waals surface area contributed by atoms with E-state index in [1.165, 1.54) is 13.0 Å². The van der Waals surface area contributed by atoms with Crippen molar-refractivity contribution in [3.63, 3.8) is 0 Å². The molecular weight excluding hydrogens is 279 g/mol. The predicted octanol–water partition coefficient (Wildman–Crippen LogP) is 2.50.